The molecule has 2 aliphatic rings. The van der Waals surface area contributed by atoms with Crippen LogP contribution < -0.4 is 33.4 Å². The average Bonchev–Trinajstić information content (AvgIpc) is 3.44. The van der Waals surface area contributed by atoms with Gasteiger partial charge >= 0.3 is 18.9 Å². The van der Waals surface area contributed by atoms with Gasteiger partial charge in [-0.3, -0.25) is 9.69 Å². The van der Waals surface area contributed by atoms with Crippen molar-refractivity contribution in [2.75, 3.05) is 26.2 Å². The third-order valence-corrected chi connectivity index (χ3v) is 9.52. The number of hydrogen-bond acceptors (Lipinski definition) is 12. The minimum atomic E-state index is -1.91. The average molecular weight is 656 g/mol. The number of hydrogen-bond donors (Lipinski definition) is 4. The first kappa shape index (κ1) is 34.9. The number of carboxylic acids is 1. The van der Waals surface area contributed by atoms with Crippen molar-refractivity contribution in [1.29, 1.82) is 0 Å². The second-order valence-electron chi connectivity index (χ2n) is 11.4. The maximum atomic E-state index is 14.0. The van der Waals surface area contributed by atoms with Crippen LogP contribution in [-0.2, 0) is 9.53 Å². The molecule has 0 radical (unpaired) electrons. The number of rotatable bonds is 10. The molecule has 2 saturated heterocycles. The number of likely N-dealkylation sites (tertiary alicyclic amines) is 1. The molecule has 2 fully saturated rings. The molecule has 0 saturated carbocycles. The maximum absolute atomic E-state index is 14.0. The van der Waals surface area contributed by atoms with Crippen LogP contribution in [0.5, 0.6) is 17.2 Å². The van der Waals surface area contributed by atoms with Crippen molar-refractivity contribution in [3.8, 4) is 27.7 Å². The molecule has 2 aliphatic heterocycles. The fourth-order valence-corrected chi connectivity index (χ4v) is 7.02. The van der Waals surface area contributed by atoms with Crippen LogP contribution in [0.4, 0.5) is 0 Å². The summed E-state index contributed by atoms with van der Waals surface area (Å²) in [5.41, 5.74) is 1.62. The second kappa shape index (κ2) is 15.2. The van der Waals surface area contributed by atoms with E-state index in [1.165, 1.54) is 48.8 Å². The van der Waals surface area contributed by atoms with Crippen molar-refractivity contribution in [3.05, 3.63) is 77.9 Å². The van der Waals surface area contributed by atoms with Crippen LogP contribution in [-0.4, -0.2) is 94.0 Å². The van der Waals surface area contributed by atoms with Gasteiger partial charge in [-0.05, 0) is 98.2 Å². The predicted molar refractivity (Wildman–Crippen MR) is 167 cm³/mol. The van der Waals surface area contributed by atoms with Gasteiger partial charge in [0.15, 0.2) is 5.78 Å². The number of phenols is 1. The molecule has 6 rings (SSSR count). The first-order valence-corrected chi connectivity index (χ1v) is 15.9. The van der Waals surface area contributed by atoms with Crippen molar-refractivity contribution in [2.24, 2.45) is 0 Å². The number of ether oxygens (including phenoxy) is 3. The number of fused-ring (bicyclic) bond motifs is 1. The van der Waals surface area contributed by atoms with E-state index in [9.17, 15) is 35.1 Å². The number of benzene rings is 3. The van der Waals surface area contributed by atoms with Crippen LogP contribution in [0.1, 0.15) is 35.2 Å². The molecule has 3 aromatic carbocycles. The zero-order valence-electron chi connectivity index (χ0n) is 25.8. The zero-order valence-corrected chi connectivity index (χ0v) is 26.6. The van der Waals surface area contributed by atoms with E-state index in [2.05, 4.69) is 4.90 Å². The minimum absolute atomic E-state index is 0. The van der Waals surface area contributed by atoms with E-state index in [0.717, 1.165) is 19.6 Å². The largest absolute Gasteiger partial charge is 1.00 e. The first-order chi connectivity index (χ1) is 22.2. The molecule has 1 aromatic heterocycles. The van der Waals surface area contributed by atoms with E-state index >= 15 is 0 Å². The molecule has 0 spiro atoms. The Hall–Kier alpha value is -3.44. The Morgan fingerprint density at radius 2 is 1.57 bits per heavy atom. The third kappa shape index (κ3) is 7.67. The summed E-state index contributed by atoms with van der Waals surface area (Å²) in [6.45, 7) is 3.60. The molecule has 11 nitrogen and oxygen atoms in total. The van der Waals surface area contributed by atoms with Gasteiger partial charge in [-0.25, -0.2) is 0 Å². The Kier molecular flexibility index (Phi) is 11.3. The topological polar surface area (TPSA) is 169 Å². The van der Waals surface area contributed by atoms with E-state index in [-0.39, 0.29) is 36.1 Å². The number of carbonyl (C=O) groups excluding carboxylic acids is 2. The summed E-state index contributed by atoms with van der Waals surface area (Å²) < 4.78 is 17.5. The summed E-state index contributed by atoms with van der Waals surface area (Å²) in [7, 11) is 0. The number of aliphatic carboxylic acids is 1. The summed E-state index contributed by atoms with van der Waals surface area (Å²) in [6, 6.07) is 18.4. The molecule has 242 valence electrons. The van der Waals surface area contributed by atoms with Crippen molar-refractivity contribution in [2.45, 2.75) is 50.0 Å². The number of aromatic hydroxyl groups is 1. The molecule has 4 N–H and O–H groups in total. The molecule has 13 heteroatoms. The zero-order chi connectivity index (χ0) is 32.4. The van der Waals surface area contributed by atoms with E-state index < -0.39 is 36.7 Å². The predicted octanol–water partition coefficient (Wildman–Crippen LogP) is -0.690. The summed E-state index contributed by atoms with van der Waals surface area (Å²) in [5.74, 6) is -1.06. The van der Waals surface area contributed by atoms with E-state index in [4.69, 9.17) is 14.2 Å². The number of nitrogens with zero attached hydrogens (tertiary/aromatic N) is 1. The maximum Gasteiger partial charge on any atom is 1.00 e. The number of ketones is 1. The Morgan fingerprint density at radius 1 is 0.894 bits per heavy atom. The van der Waals surface area contributed by atoms with E-state index in [1.54, 1.807) is 48.5 Å². The smallest absolute Gasteiger partial charge is 0.547 e. The minimum Gasteiger partial charge on any atom is -0.547 e. The van der Waals surface area contributed by atoms with Gasteiger partial charge in [-0.2, -0.15) is 0 Å². The second-order valence-corrected chi connectivity index (χ2v) is 12.5. The van der Waals surface area contributed by atoms with Crippen LogP contribution in [0, 0.1) is 0 Å². The number of aliphatic hydroxyl groups excluding tert-OH is 3. The Bertz CT molecular complexity index is 1690. The molecule has 3 heterocycles. The summed E-state index contributed by atoms with van der Waals surface area (Å²) in [4.78, 5) is 28.5. The van der Waals surface area contributed by atoms with Crippen LogP contribution in [0.3, 0.4) is 0 Å². The summed E-state index contributed by atoms with van der Waals surface area (Å²) in [5, 5.41) is 52.3. The van der Waals surface area contributed by atoms with Crippen molar-refractivity contribution in [1.82, 2.24) is 4.90 Å². The number of piperidine rings is 1. The Balaban J connectivity index is 0.00000433. The molecule has 5 atom stereocenters. The number of carboxylic acid groups (broad SMARTS) is 1. The fourth-order valence-electron chi connectivity index (χ4n) is 5.79. The van der Waals surface area contributed by atoms with Gasteiger partial charge in [0.1, 0.15) is 48.3 Å². The van der Waals surface area contributed by atoms with Crippen LogP contribution in [0.15, 0.2) is 66.7 Å². The van der Waals surface area contributed by atoms with Crippen LogP contribution in [0.2, 0.25) is 0 Å². The van der Waals surface area contributed by atoms with Gasteiger partial charge < -0.3 is 44.5 Å². The Labute approximate surface area is 287 Å². The van der Waals surface area contributed by atoms with Crippen LogP contribution >= 0.6 is 11.3 Å². The van der Waals surface area contributed by atoms with Gasteiger partial charge in [0.25, 0.3) is 0 Å². The summed E-state index contributed by atoms with van der Waals surface area (Å²) in [6.07, 6.45) is -5.31. The van der Waals surface area contributed by atoms with E-state index in [0.29, 0.717) is 44.0 Å². The Morgan fingerprint density at radius 3 is 2.26 bits per heavy atom. The SMILES string of the molecule is O=C(c1ccc(OCCN2CCCCC2)cc1)c1c(-c2ccc(O)cc2)sc2cc(O[C@@H]3OC(C(=O)[O-])[C@@H](O)[C@@H](O)C3O)ccc12.[Li+]. The monoisotopic (exact) mass is 655 g/mol. The fraction of sp³-hybridized carbons (Fsp3) is 0.353. The van der Waals surface area contributed by atoms with E-state index in [1.807, 2.05) is 0 Å². The molecule has 47 heavy (non-hydrogen) atoms. The normalized spacial score (nSPS) is 23.2. The summed E-state index contributed by atoms with van der Waals surface area (Å²) >= 11 is 1.31. The quantitative estimate of drug-likeness (QED) is 0.126. The third-order valence-electron chi connectivity index (χ3n) is 8.31. The molecule has 2 unspecified atom stereocenters. The van der Waals surface area contributed by atoms with Gasteiger partial charge in [0.2, 0.25) is 6.29 Å². The standard InChI is InChI=1S/C34H35NO10S.Li/c36-21-8-4-20(5-9-21)32-26(27(37)19-6-10-22(11-7-19)43-17-16-35-14-2-1-3-15-35)24-13-12-23(18-25(24)46-32)44-34-30(40)28(38)29(39)31(45-34)33(41)42;/h4-13,18,28-31,34,36,38-40H,1-3,14-17H2,(H,41,42);/q;+1/p-1/t28-,29+,30?,31?,34-;/m1./s1. The number of aliphatic hydroxyl groups is 3. The molecular formula is C34H34LiNO10S. The molecule has 0 bridgehead atoms. The van der Waals surface area contributed by atoms with Crippen molar-refractivity contribution < 1.29 is 68.2 Å². The van der Waals surface area contributed by atoms with Crippen molar-refractivity contribution in [3.63, 3.8) is 0 Å². The molecule has 4 aromatic rings. The number of phenolic OH excluding ortho intramolecular Hbond substituents is 1. The first-order valence-electron chi connectivity index (χ1n) is 15.1. The molecule has 0 amide bonds. The van der Waals surface area contributed by atoms with Crippen molar-refractivity contribution >= 4 is 33.2 Å². The molecule has 0 aliphatic carbocycles. The van der Waals surface area contributed by atoms with Gasteiger partial charge in [-0.15, -0.1) is 11.3 Å². The number of thiophene rings is 1. The van der Waals surface area contributed by atoms with Gasteiger partial charge in [-0.1, -0.05) is 6.42 Å². The van der Waals surface area contributed by atoms with Gasteiger partial charge in [0.05, 0.1) is 5.97 Å². The molecular weight excluding hydrogens is 621 g/mol. The van der Waals surface area contributed by atoms with Gasteiger partial charge in [0, 0.05) is 32.6 Å². The van der Waals surface area contributed by atoms with Crippen LogP contribution in [0.25, 0.3) is 20.5 Å². The number of carbonyl (C=O) groups is 2.